The lowest BCUT2D eigenvalue weighted by molar-refractivity contribution is 0.590. The zero-order valence-electron chi connectivity index (χ0n) is 67.7. The topological polar surface area (TPSA) is 0 Å². The van der Waals surface area contributed by atoms with Crippen molar-refractivity contribution in [2.24, 2.45) is 0 Å². The first-order valence-electron chi connectivity index (χ1n) is 41.2. The lowest BCUT2D eigenvalue weighted by atomic mass is 9.81. The van der Waals surface area contributed by atoms with Crippen molar-refractivity contribution in [1.29, 1.82) is 0 Å². The predicted molar refractivity (Wildman–Crippen MR) is 525 cm³/mol. The van der Waals surface area contributed by atoms with Gasteiger partial charge < -0.3 is 0 Å². The van der Waals surface area contributed by atoms with Crippen LogP contribution in [0.5, 0.6) is 0 Å². The highest BCUT2D eigenvalue weighted by molar-refractivity contribution is 7.27. The molecule has 0 fully saturated rings. The molecular weight excluding hydrogens is 1500 g/mol. The summed E-state index contributed by atoms with van der Waals surface area (Å²) in [6, 6.07) is 133. The van der Waals surface area contributed by atoms with Gasteiger partial charge in [-0.05, 0) is 184 Å². The molecule has 4 heteroatoms. The second-order valence-electron chi connectivity index (χ2n) is 34.8. The summed E-state index contributed by atoms with van der Waals surface area (Å²) in [7, 11) is 0. The number of thiophene rings is 4. The third-order valence-electron chi connectivity index (χ3n) is 24.5. The maximum absolute atomic E-state index is 2.44. The Bertz CT molecular complexity index is 7860. The number of hydrogen-bond donors (Lipinski definition) is 0. The third-order valence-corrected chi connectivity index (χ3v) is 29.3. The zero-order chi connectivity index (χ0) is 79.9. The average Bonchev–Trinajstić information content (AvgIpc) is 1.21. The van der Waals surface area contributed by atoms with Crippen molar-refractivity contribution in [2.75, 3.05) is 0 Å². The van der Waals surface area contributed by atoms with Crippen LogP contribution >= 0.6 is 45.3 Å². The smallest absolute Gasteiger partial charge is 0.0434 e. The molecule has 0 radical (unpaired) electrons. The standard InChI is InChI=1S/C42H30S2.2C36H28S/c1-42(2,3)26-20-22-29-28-21-19-25(23-37(28)43-38(29)24-26)39-30-12-4-6-14-32(30)40(33-15-7-5-13-31(33)39)35-17-10-16-34-27-11-8-9-18-36(27)44-41(34)35;1-36(2,3)24-21-19-23(20-22-24)33-26-12-4-6-14-28(26)34(29-15-7-5-13-27(29)33)31-17-10-16-30-25-11-8-9-18-32(25)37-35(30)31;1-36(2,3)24-20-21-28-31(22-24)33(23-12-5-4-6-13-23)26-15-7-8-16-27(26)34(28)30-18-11-17-29-25-14-9-10-19-32(25)37-35(29)30/h4-24H,1-3H3;2*4-22H,1-3H3. The van der Waals surface area contributed by atoms with Crippen molar-refractivity contribution >= 4 is 191 Å². The van der Waals surface area contributed by atoms with Gasteiger partial charge in [0.25, 0.3) is 0 Å². The van der Waals surface area contributed by atoms with Gasteiger partial charge in [0.15, 0.2) is 0 Å². The van der Waals surface area contributed by atoms with E-state index in [1.165, 1.54) is 229 Å². The summed E-state index contributed by atoms with van der Waals surface area (Å²) >= 11 is 7.64. The third kappa shape index (κ3) is 12.4. The molecule has 23 rings (SSSR count). The van der Waals surface area contributed by atoms with Crippen LogP contribution in [0.1, 0.15) is 79.0 Å². The maximum Gasteiger partial charge on any atom is 0.0434 e. The first-order valence-corrected chi connectivity index (χ1v) is 44.4. The normalized spacial score (nSPS) is 12.3. The molecule has 0 spiro atoms. The van der Waals surface area contributed by atoms with Gasteiger partial charge in [-0.1, -0.05) is 384 Å². The van der Waals surface area contributed by atoms with E-state index < -0.39 is 0 Å². The molecule has 0 N–H and O–H groups in total. The quantitative estimate of drug-likeness (QED) is 0.146. The zero-order valence-corrected chi connectivity index (χ0v) is 71.0. The minimum atomic E-state index is 0.0689. The van der Waals surface area contributed by atoms with Gasteiger partial charge in [-0.2, -0.15) is 0 Å². The summed E-state index contributed by atoms with van der Waals surface area (Å²) in [6.45, 7) is 20.6. The van der Waals surface area contributed by atoms with Crippen molar-refractivity contribution in [3.63, 3.8) is 0 Å². The summed E-state index contributed by atoms with van der Waals surface area (Å²) in [5.74, 6) is 0. The molecule has 0 bridgehead atoms. The predicted octanol–water partition coefficient (Wildman–Crippen LogP) is 35.3. The molecule has 19 aromatic carbocycles. The van der Waals surface area contributed by atoms with Gasteiger partial charge in [0.1, 0.15) is 0 Å². The molecule has 0 unspecified atom stereocenters. The lowest BCUT2D eigenvalue weighted by Crippen LogP contribution is -2.10. The second-order valence-corrected chi connectivity index (χ2v) is 39.0. The van der Waals surface area contributed by atoms with Gasteiger partial charge >= 0.3 is 0 Å². The van der Waals surface area contributed by atoms with Crippen LogP contribution in [0.2, 0.25) is 0 Å². The first-order chi connectivity index (χ1) is 57.5. The lowest BCUT2D eigenvalue weighted by Gasteiger charge is -2.23. The van der Waals surface area contributed by atoms with Crippen LogP contribution in [0, 0.1) is 0 Å². The maximum atomic E-state index is 2.44. The second kappa shape index (κ2) is 28.8. The van der Waals surface area contributed by atoms with Crippen LogP contribution in [0.15, 0.2) is 358 Å². The fraction of sp³-hybridized carbons (Fsp3) is 0.105. The molecule has 0 aliphatic heterocycles. The minimum absolute atomic E-state index is 0.0689. The van der Waals surface area contributed by atoms with Gasteiger partial charge in [-0.15, -0.1) is 45.3 Å². The highest BCUT2D eigenvalue weighted by Gasteiger charge is 2.27. The molecule has 4 heterocycles. The Morgan fingerprint density at radius 2 is 0.407 bits per heavy atom. The molecule has 0 amide bonds. The molecule has 566 valence electrons. The Morgan fingerprint density at radius 3 is 0.788 bits per heavy atom. The number of fused-ring (bicyclic) bond motifs is 18. The van der Waals surface area contributed by atoms with E-state index in [1.54, 1.807) is 0 Å². The molecule has 118 heavy (non-hydrogen) atoms. The molecule has 0 aliphatic carbocycles. The van der Waals surface area contributed by atoms with E-state index in [0.717, 1.165) is 0 Å². The van der Waals surface area contributed by atoms with Gasteiger partial charge in [0.2, 0.25) is 0 Å². The van der Waals surface area contributed by atoms with Crippen molar-refractivity contribution in [3.05, 3.63) is 375 Å². The Kier molecular flexibility index (Phi) is 17.9. The summed E-state index contributed by atoms with van der Waals surface area (Å²) in [5, 5.41) is 26.4. The van der Waals surface area contributed by atoms with E-state index in [2.05, 4.69) is 420 Å². The molecule has 0 saturated heterocycles. The van der Waals surface area contributed by atoms with Gasteiger partial charge in [-0.3, -0.25) is 0 Å². The molecule has 0 saturated carbocycles. The first kappa shape index (κ1) is 73.3. The molecule has 0 atom stereocenters. The largest absolute Gasteiger partial charge is 0.135 e. The Balaban J connectivity index is 0.000000111. The van der Waals surface area contributed by atoms with Crippen molar-refractivity contribution in [2.45, 2.75) is 78.6 Å². The number of hydrogen-bond acceptors (Lipinski definition) is 4. The molecule has 4 aromatic heterocycles. The van der Waals surface area contributed by atoms with Crippen molar-refractivity contribution in [1.82, 2.24) is 0 Å². The number of rotatable bonds is 6. The summed E-state index contributed by atoms with van der Waals surface area (Å²) in [4.78, 5) is 0. The van der Waals surface area contributed by atoms with Crippen LogP contribution in [0.25, 0.3) is 212 Å². The van der Waals surface area contributed by atoms with E-state index in [-0.39, 0.29) is 16.2 Å². The summed E-state index contributed by atoms with van der Waals surface area (Å²) < 4.78 is 10.8. The summed E-state index contributed by atoms with van der Waals surface area (Å²) in [5.41, 5.74) is 20.2. The highest BCUT2D eigenvalue weighted by Crippen LogP contribution is 2.54. The minimum Gasteiger partial charge on any atom is -0.135 e. The number of benzene rings is 19. The van der Waals surface area contributed by atoms with Crippen LogP contribution in [-0.4, -0.2) is 0 Å². The molecule has 0 aliphatic rings. The average molecular weight is 1580 g/mol. The van der Waals surface area contributed by atoms with E-state index in [4.69, 9.17) is 0 Å². The van der Waals surface area contributed by atoms with Crippen LogP contribution in [-0.2, 0) is 16.2 Å². The monoisotopic (exact) mass is 1580 g/mol. The van der Waals surface area contributed by atoms with E-state index >= 15 is 0 Å². The van der Waals surface area contributed by atoms with E-state index in [9.17, 15) is 0 Å². The Morgan fingerprint density at radius 1 is 0.153 bits per heavy atom. The van der Waals surface area contributed by atoms with Crippen LogP contribution in [0.4, 0.5) is 0 Å². The Hall–Kier alpha value is -12.4. The van der Waals surface area contributed by atoms with Gasteiger partial charge in [0, 0.05) is 97.4 Å². The Labute approximate surface area is 704 Å². The fourth-order valence-electron chi connectivity index (χ4n) is 18.7. The van der Waals surface area contributed by atoms with Gasteiger partial charge in [-0.25, -0.2) is 0 Å². The highest BCUT2D eigenvalue weighted by atomic mass is 32.1. The fourth-order valence-corrected chi connectivity index (χ4v) is 23.5. The molecule has 0 nitrogen and oxygen atoms in total. The SMILES string of the molecule is CC(C)(C)c1ccc(-c2c3ccccc3c(-c3cccc4c3sc3ccccc34)c3ccccc23)cc1.CC(C)(C)c1ccc2c(-c3cccc4c3sc3ccccc34)c3ccccc3c(-c3ccccc3)c2c1.CC(C)(C)c1ccc2c(c1)sc1cc(-c3c4ccccc4c(-c4cccc5c4sc4ccccc45)c4ccccc34)ccc12. The summed E-state index contributed by atoms with van der Waals surface area (Å²) in [6.07, 6.45) is 0. The van der Waals surface area contributed by atoms with Gasteiger partial charge in [0.05, 0.1) is 0 Å². The van der Waals surface area contributed by atoms with Crippen molar-refractivity contribution < 1.29 is 0 Å². The van der Waals surface area contributed by atoms with Crippen LogP contribution in [0.3, 0.4) is 0 Å². The molecular formula is C114H86S4. The van der Waals surface area contributed by atoms with E-state index in [0.29, 0.717) is 0 Å². The van der Waals surface area contributed by atoms with E-state index in [1.807, 2.05) is 45.3 Å². The molecule has 23 aromatic rings. The van der Waals surface area contributed by atoms with Crippen molar-refractivity contribution in [3.8, 4) is 66.8 Å². The van der Waals surface area contributed by atoms with Crippen LogP contribution < -0.4 is 0 Å².